The number of benzene rings is 3. The highest BCUT2D eigenvalue weighted by Gasteiger charge is 2.10. The summed E-state index contributed by atoms with van der Waals surface area (Å²) >= 11 is 5.69. The summed E-state index contributed by atoms with van der Waals surface area (Å²) in [6, 6.07) is 19.3. The van der Waals surface area contributed by atoms with Gasteiger partial charge in [0.15, 0.2) is 11.6 Å². The molecule has 5 nitrogen and oxygen atoms in total. The third kappa shape index (κ3) is 5.32. The van der Waals surface area contributed by atoms with E-state index in [1.165, 1.54) is 36.4 Å². The van der Waals surface area contributed by atoms with Crippen molar-refractivity contribution in [3.05, 3.63) is 82.6 Å². The summed E-state index contributed by atoms with van der Waals surface area (Å²) in [4.78, 5) is 0. The van der Waals surface area contributed by atoms with Crippen molar-refractivity contribution in [1.82, 2.24) is 0 Å². The lowest BCUT2D eigenvalue weighted by Crippen LogP contribution is -2.29. The minimum atomic E-state index is -1.46. The van der Waals surface area contributed by atoms with Crippen LogP contribution in [-0.2, 0) is 0 Å². The number of nitriles is 2. The Bertz CT molecular complexity index is 1020. The molecule has 0 radical (unpaired) electrons. The van der Waals surface area contributed by atoms with Crippen LogP contribution in [0.5, 0.6) is 5.75 Å². The largest absolute Gasteiger partial charge is 0.504 e. The topological polar surface area (TPSA) is 108 Å². The van der Waals surface area contributed by atoms with Gasteiger partial charge in [-0.1, -0.05) is 35.9 Å². The minimum absolute atomic E-state index is 0.0376. The van der Waals surface area contributed by atoms with Crippen molar-refractivity contribution >= 4 is 24.2 Å². The highest BCUT2D eigenvalue weighted by molar-refractivity contribution is 6.58. The van der Waals surface area contributed by atoms with Gasteiger partial charge in [0.1, 0.15) is 0 Å². The molecule has 0 heterocycles. The molecular weight excluding hydrogens is 381 g/mol. The summed E-state index contributed by atoms with van der Waals surface area (Å²) in [7, 11) is -1.46. The van der Waals surface area contributed by atoms with Gasteiger partial charge < -0.3 is 15.2 Å². The van der Waals surface area contributed by atoms with Crippen LogP contribution in [-0.4, -0.2) is 22.3 Å². The third-order valence-corrected chi connectivity index (χ3v) is 3.99. The molecule has 0 unspecified atom stereocenters. The van der Waals surface area contributed by atoms with E-state index in [2.05, 4.69) is 0 Å². The SMILES string of the molecule is N#Cc1ccc(-c2cc(F)c(O)c(Cl)c2)cc1.N#Cc1ccc(B(O)O)cc1. The lowest BCUT2D eigenvalue weighted by Gasteiger charge is -2.05. The molecule has 0 bridgehead atoms. The van der Waals surface area contributed by atoms with E-state index in [0.717, 1.165) is 5.56 Å². The third-order valence-electron chi connectivity index (χ3n) is 3.70. The van der Waals surface area contributed by atoms with Crippen molar-refractivity contribution in [2.45, 2.75) is 0 Å². The van der Waals surface area contributed by atoms with Crippen LogP contribution in [0.1, 0.15) is 11.1 Å². The maximum absolute atomic E-state index is 13.3. The standard InChI is InChI=1S/C13H7ClFNO.C7H6BNO2/c14-11-5-10(6-12(15)13(11)17)9-3-1-8(7-16)2-4-9;9-5-6-1-3-7(4-2-6)8(10)11/h1-6,17H;1-4,10-11H. The van der Waals surface area contributed by atoms with Crippen molar-refractivity contribution in [2.75, 3.05) is 0 Å². The summed E-state index contributed by atoms with van der Waals surface area (Å²) in [6.07, 6.45) is 0. The first kappa shape index (κ1) is 21.0. The number of halogens is 2. The summed E-state index contributed by atoms with van der Waals surface area (Å²) in [5.74, 6) is -1.32. The van der Waals surface area contributed by atoms with Gasteiger partial charge in [0.25, 0.3) is 0 Å². The molecule has 0 spiro atoms. The monoisotopic (exact) mass is 394 g/mol. The normalized spacial score (nSPS) is 9.50. The Kier molecular flexibility index (Phi) is 7.14. The van der Waals surface area contributed by atoms with Crippen molar-refractivity contribution < 1.29 is 19.5 Å². The van der Waals surface area contributed by atoms with E-state index in [-0.39, 0.29) is 5.02 Å². The highest BCUT2D eigenvalue weighted by atomic mass is 35.5. The Morgan fingerprint density at radius 3 is 1.75 bits per heavy atom. The van der Waals surface area contributed by atoms with Gasteiger partial charge in [-0.25, -0.2) is 4.39 Å². The number of nitrogens with zero attached hydrogens (tertiary/aromatic N) is 2. The zero-order valence-corrected chi connectivity index (χ0v) is 15.1. The zero-order valence-electron chi connectivity index (χ0n) is 14.3. The molecule has 138 valence electrons. The Labute approximate surface area is 166 Å². The Hall–Kier alpha value is -3.36. The Morgan fingerprint density at radius 2 is 1.32 bits per heavy atom. The first-order valence-corrected chi connectivity index (χ1v) is 8.28. The van der Waals surface area contributed by atoms with Crippen LogP contribution < -0.4 is 5.46 Å². The molecule has 0 aliphatic rings. The van der Waals surface area contributed by atoms with Crippen LogP contribution in [0.25, 0.3) is 11.1 Å². The predicted octanol–water partition coefficient (Wildman–Crippen LogP) is 2.96. The van der Waals surface area contributed by atoms with E-state index in [9.17, 15) is 9.50 Å². The number of rotatable bonds is 2. The molecule has 0 atom stereocenters. The quantitative estimate of drug-likeness (QED) is 0.579. The van der Waals surface area contributed by atoms with E-state index >= 15 is 0 Å². The van der Waals surface area contributed by atoms with Crippen molar-refractivity contribution in [3.63, 3.8) is 0 Å². The van der Waals surface area contributed by atoms with Gasteiger partial charge in [-0.15, -0.1) is 0 Å². The summed E-state index contributed by atoms with van der Waals surface area (Å²) in [6.45, 7) is 0. The second kappa shape index (κ2) is 9.54. The average molecular weight is 395 g/mol. The minimum Gasteiger partial charge on any atom is -0.504 e. The highest BCUT2D eigenvalue weighted by Crippen LogP contribution is 2.32. The first-order chi connectivity index (χ1) is 13.3. The van der Waals surface area contributed by atoms with Crippen LogP contribution >= 0.6 is 11.6 Å². The number of hydrogen-bond acceptors (Lipinski definition) is 5. The fraction of sp³-hybridized carbons (Fsp3) is 0. The molecule has 28 heavy (non-hydrogen) atoms. The van der Waals surface area contributed by atoms with E-state index in [1.54, 1.807) is 24.3 Å². The molecule has 0 amide bonds. The van der Waals surface area contributed by atoms with Gasteiger partial charge in [-0.2, -0.15) is 10.5 Å². The van der Waals surface area contributed by atoms with Gasteiger partial charge in [0, 0.05) is 0 Å². The van der Waals surface area contributed by atoms with Crippen LogP contribution in [0.4, 0.5) is 4.39 Å². The molecule has 3 rings (SSSR count). The molecule has 3 aromatic carbocycles. The molecular formula is C20H13BClFN2O3. The van der Waals surface area contributed by atoms with Crippen molar-refractivity contribution in [1.29, 1.82) is 10.5 Å². The molecule has 0 aromatic heterocycles. The Balaban J connectivity index is 0.000000221. The predicted molar refractivity (Wildman–Crippen MR) is 104 cm³/mol. The molecule has 0 saturated carbocycles. The maximum Gasteiger partial charge on any atom is 0.488 e. The molecule has 0 fully saturated rings. The lowest BCUT2D eigenvalue weighted by atomic mass is 9.80. The molecule has 0 aliphatic heterocycles. The van der Waals surface area contributed by atoms with E-state index in [1.807, 2.05) is 12.1 Å². The summed E-state index contributed by atoms with van der Waals surface area (Å²) < 4.78 is 13.3. The molecule has 0 aliphatic carbocycles. The van der Waals surface area contributed by atoms with Gasteiger partial charge in [-0.05, 0) is 53.0 Å². The average Bonchev–Trinajstić information content (AvgIpc) is 2.72. The molecule has 8 heteroatoms. The number of phenols is 1. The summed E-state index contributed by atoms with van der Waals surface area (Å²) in [5.41, 5.74) is 2.71. The molecule has 3 aromatic rings. The van der Waals surface area contributed by atoms with Gasteiger partial charge >= 0.3 is 7.12 Å². The van der Waals surface area contributed by atoms with E-state index in [4.69, 9.17) is 32.2 Å². The fourth-order valence-corrected chi connectivity index (χ4v) is 2.41. The second-order valence-corrected chi connectivity index (χ2v) is 5.99. The Morgan fingerprint density at radius 1 is 0.821 bits per heavy atom. The number of aromatic hydroxyl groups is 1. The molecule has 0 saturated heterocycles. The van der Waals surface area contributed by atoms with Gasteiger partial charge in [0.2, 0.25) is 0 Å². The van der Waals surface area contributed by atoms with Crippen LogP contribution in [0.15, 0.2) is 60.7 Å². The van der Waals surface area contributed by atoms with Gasteiger partial charge in [-0.3, -0.25) is 0 Å². The number of hydrogen-bond donors (Lipinski definition) is 3. The fourth-order valence-electron chi connectivity index (χ4n) is 2.20. The zero-order chi connectivity index (χ0) is 20.7. The van der Waals surface area contributed by atoms with Crippen LogP contribution in [0, 0.1) is 28.5 Å². The van der Waals surface area contributed by atoms with Gasteiger partial charge in [0.05, 0.1) is 28.3 Å². The number of phenolic OH excluding ortho intramolecular Hbond substituents is 1. The first-order valence-electron chi connectivity index (χ1n) is 7.90. The summed E-state index contributed by atoms with van der Waals surface area (Å²) in [5, 5.41) is 43.5. The lowest BCUT2D eigenvalue weighted by molar-refractivity contribution is 0.426. The smallest absolute Gasteiger partial charge is 0.488 e. The van der Waals surface area contributed by atoms with Crippen LogP contribution in [0.3, 0.4) is 0 Å². The molecule has 3 N–H and O–H groups in total. The second-order valence-electron chi connectivity index (χ2n) is 5.59. The van der Waals surface area contributed by atoms with E-state index in [0.29, 0.717) is 22.2 Å². The van der Waals surface area contributed by atoms with E-state index < -0.39 is 18.7 Å². The van der Waals surface area contributed by atoms with Crippen molar-refractivity contribution in [3.8, 4) is 29.0 Å². The van der Waals surface area contributed by atoms with Crippen LogP contribution in [0.2, 0.25) is 5.02 Å². The maximum atomic E-state index is 13.3. The van der Waals surface area contributed by atoms with Crippen molar-refractivity contribution in [2.24, 2.45) is 0 Å².